The summed E-state index contributed by atoms with van der Waals surface area (Å²) in [7, 11) is 4.82. The highest BCUT2D eigenvalue weighted by molar-refractivity contribution is 5.18. The molecule has 0 aliphatic heterocycles. The predicted molar refractivity (Wildman–Crippen MR) is 137 cm³/mol. The quantitative estimate of drug-likeness (QED) is 0.176. The third kappa shape index (κ3) is 10.5. The minimum atomic E-state index is 0.560. The van der Waals surface area contributed by atoms with Crippen molar-refractivity contribution in [3.05, 3.63) is 71.8 Å². The van der Waals surface area contributed by atoms with E-state index in [0.29, 0.717) is 6.04 Å². The van der Waals surface area contributed by atoms with Crippen LogP contribution in [0.3, 0.4) is 0 Å². The van der Waals surface area contributed by atoms with Gasteiger partial charge in [-0.25, -0.2) is 0 Å². The van der Waals surface area contributed by atoms with Crippen molar-refractivity contribution >= 4 is 0 Å². The van der Waals surface area contributed by atoms with Crippen molar-refractivity contribution in [2.24, 2.45) is 0 Å². The number of benzene rings is 2. The molecule has 0 saturated heterocycles. The summed E-state index contributed by atoms with van der Waals surface area (Å²) in [4.78, 5) is 0. The highest BCUT2D eigenvalue weighted by Gasteiger charge is 2.29. The lowest BCUT2D eigenvalue weighted by atomic mass is 9.96. The second-order valence-electron chi connectivity index (χ2n) is 10.0. The van der Waals surface area contributed by atoms with E-state index >= 15 is 0 Å². The molecule has 2 aromatic rings. The van der Waals surface area contributed by atoms with E-state index < -0.39 is 0 Å². The fourth-order valence-corrected chi connectivity index (χ4v) is 4.94. The van der Waals surface area contributed by atoms with Crippen LogP contribution in [0.1, 0.15) is 108 Å². The average molecular weight is 423 g/mol. The maximum absolute atomic E-state index is 2.41. The van der Waals surface area contributed by atoms with Gasteiger partial charge >= 0.3 is 0 Å². The summed E-state index contributed by atoms with van der Waals surface area (Å²) in [6.07, 6.45) is 18.3. The number of hydrogen-bond donors (Lipinski definition) is 0. The molecule has 2 rings (SSSR count). The van der Waals surface area contributed by atoms with Crippen LogP contribution in [0.25, 0.3) is 0 Å². The van der Waals surface area contributed by atoms with Crippen LogP contribution in [0.4, 0.5) is 0 Å². The molecule has 0 saturated carbocycles. The Morgan fingerprint density at radius 3 is 1.55 bits per heavy atom. The van der Waals surface area contributed by atoms with Crippen molar-refractivity contribution in [2.45, 2.75) is 103 Å². The van der Waals surface area contributed by atoms with Gasteiger partial charge < -0.3 is 4.48 Å². The molecule has 0 aliphatic carbocycles. The monoisotopic (exact) mass is 422 g/mol. The van der Waals surface area contributed by atoms with Crippen LogP contribution in [0.5, 0.6) is 0 Å². The van der Waals surface area contributed by atoms with Crippen LogP contribution < -0.4 is 0 Å². The van der Waals surface area contributed by atoms with Gasteiger partial charge in [0.1, 0.15) is 12.6 Å². The molecule has 1 heteroatoms. The van der Waals surface area contributed by atoms with Gasteiger partial charge in [-0.05, 0) is 6.42 Å². The second-order valence-corrected chi connectivity index (χ2v) is 10.0. The number of unbranched alkanes of at least 4 members (excludes halogenated alkanes) is 11. The minimum Gasteiger partial charge on any atom is -0.319 e. The smallest absolute Gasteiger partial charge is 0.114 e. The van der Waals surface area contributed by atoms with E-state index in [1.807, 2.05) is 0 Å². The third-order valence-electron chi connectivity index (χ3n) is 6.79. The van der Waals surface area contributed by atoms with Crippen molar-refractivity contribution < 1.29 is 4.48 Å². The molecule has 0 fully saturated rings. The number of rotatable bonds is 17. The SMILES string of the molecule is CCCCCCCCCCCCCCC(c1ccccc1)[N+](C)(C)Cc1ccccc1. The number of nitrogens with zero attached hydrogens (tertiary/aromatic N) is 1. The Morgan fingerprint density at radius 2 is 1.03 bits per heavy atom. The summed E-state index contributed by atoms with van der Waals surface area (Å²) in [6.45, 7) is 3.38. The lowest BCUT2D eigenvalue weighted by Gasteiger charge is -2.39. The molecule has 1 nitrogen and oxygen atoms in total. The topological polar surface area (TPSA) is 0 Å². The first kappa shape index (κ1) is 25.7. The normalized spacial score (nSPS) is 12.7. The van der Waals surface area contributed by atoms with Crippen LogP contribution >= 0.6 is 0 Å². The molecule has 0 spiro atoms. The Labute approximate surface area is 193 Å². The Kier molecular flexibility index (Phi) is 12.6. The van der Waals surface area contributed by atoms with Gasteiger partial charge in [-0.2, -0.15) is 0 Å². The lowest BCUT2D eigenvalue weighted by Crippen LogP contribution is -2.42. The summed E-state index contributed by atoms with van der Waals surface area (Å²) in [5, 5.41) is 0. The van der Waals surface area contributed by atoms with Crippen molar-refractivity contribution in [1.29, 1.82) is 0 Å². The van der Waals surface area contributed by atoms with Crippen molar-refractivity contribution in [1.82, 2.24) is 0 Å². The van der Waals surface area contributed by atoms with Gasteiger partial charge in [-0.3, -0.25) is 0 Å². The van der Waals surface area contributed by atoms with Crippen LogP contribution in [-0.2, 0) is 6.54 Å². The fraction of sp³-hybridized carbons (Fsp3) is 0.600. The first-order chi connectivity index (χ1) is 15.1. The number of quaternary nitrogens is 1. The molecule has 0 aromatic heterocycles. The summed E-state index contributed by atoms with van der Waals surface area (Å²) in [5.41, 5.74) is 2.93. The van der Waals surface area contributed by atoms with Gasteiger partial charge in [0.15, 0.2) is 0 Å². The van der Waals surface area contributed by atoms with E-state index in [1.54, 1.807) is 0 Å². The van der Waals surface area contributed by atoms with E-state index in [-0.39, 0.29) is 0 Å². The summed E-state index contributed by atoms with van der Waals surface area (Å²) < 4.78 is 1.02. The van der Waals surface area contributed by atoms with E-state index in [4.69, 9.17) is 0 Å². The van der Waals surface area contributed by atoms with E-state index in [1.165, 1.54) is 94.6 Å². The van der Waals surface area contributed by atoms with Gasteiger partial charge in [0, 0.05) is 17.5 Å². The molecule has 1 atom stereocenters. The molecular weight excluding hydrogens is 374 g/mol. The summed E-state index contributed by atoms with van der Waals surface area (Å²) >= 11 is 0. The molecule has 0 N–H and O–H groups in total. The lowest BCUT2D eigenvalue weighted by molar-refractivity contribution is -0.934. The van der Waals surface area contributed by atoms with Gasteiger partial charge in [0.05, 0.1) is 14.1 Å². The number of hydrogen-bond acceptors (Lipinski definition) is 0. The first-order valence-electron chi connectivity index (χ1n) is 13.0. The predicted octanol–water partition coefficient (Wildman–Crippen LogP) is 9.10. The zero-order valence-electron chi connectivity index (χ0n) is 20.7. The molecule has 0 aliphatic rings. The van der Waals surface area contributed by atoms with Crippen molar-refractivity contribution in [3.8, 4) is 0 Å². The molecule has 0 amide bonds. The van der Waals surface area contributed by atoms with Crippen molar-refractivity contribution in [3.63, 3.8) is 0 Å². The third-order valence-corrected chi connectivity index (χ3v) is 6.79. The average Bonchev–Trinajstić information content (AvgIpc) is 2.78. The molecule has 1 unspecified atom stereocenters. The minimum absolute atomic E-state index is 0.560. The Balaban J connectivity index is 1.72. The van der Waals surface area contributed by atoms with Gasteiger partial charge in [0.25, 0.3) is 0 Å². The Morgan fingerprint density at radius 1 is 0.581 bits per heavy atom. The van der Waals surface area contributed by atoms with Crippen LogP contribution in [-0.4, -0.2) is 18.6 Å². The fourth-order valence-electron chi connectivity index (χ4n) is 4.94. The zero-order chi connectivity index (χ0) is 22.2. The molecule has 31 heavy (non-hydrogen) atoms. The van der Waals surface area contributed by atoms with Gasteiger partial charge in [0.2, 0.25) is 0 Å². The van der Waals surface area contributed by atoms with Crippen LogP contribution in [0, 0.1) is 0 Å². The maximum atomic E-state index is 2.41. The molecule has 0 heterocycles. The highest BCUT2D eigenvalue weighted by Crippen LogP contribution is 2.32. The van der Waals surface area contributed by atoms with Crippen molar-refractivity contribution in [2.75, 3.05) is 14.1 Å². The molecule has 0 bridgehead atoms. The Bertz CT molecular complexity index is 661. The van der Waals surface area contributed by atoms with Gasteiger partial charge in [-0.15, -0.1) is 0 Å². The first-order valence-corrected chi connectivity index (χ1v) is 13.0. The molecule has 172 valence electrons. The Hall–Kier alpha value is -1.60. The standard InChI is InChI=1S/C30H48N/c1-4-5-6-7-8-9-10-11-12-13-14-21-26-30(29-24-19-16-20-25-29)31(2,3)27-28-22-17-15-18-23-28/h15-20,22-25,30H,4-14,21,26-27H2,1-3H3/q+1. The second kappa shape index (κ2) is 15.2. The largest absolute Gasteiger partial charge is 0.319 e. The molecule has 0 radical (unpaired) electrons. The molecular formula is C30H48N+. The van der Waals surface area contributed by atoms with Gasteiger partial charge in [-0.1, -0.05) is 138 Å². The van der Waals surface area contributed by atoms with Crippen LogP contribution in [0.2, 0.25) is 0 Å². The summed E-state index contributed by atoms with van der Waals surface area (Å²) in [5.74, 6) is 0. The van der Waals surface area contributed by atoms with E-state index in [0.717, 1.165) is 11.0 Å². The van der Waals surface area contributed by atoms with E-state index in [2.05, 4.69) is 81.7 Å². The van der Waals surface area contributed by atoms with Crippen LogP contribution in [0.15, 0.2) is 60.7 Å². The van der Waals surface area contributed by atoms with E-state index in [9.17, 15) is 0 Å². The molecule has 2 aromatic carbocycles. The highest BCUT2D eigenvalue weighted by atomic mass is 15.3. The maximum Gasteiger partial charge on any atom is 0.114 e. The zero-order valence-corrected chi connectivity index (χ0v) is 20.7. The summed E-state index contributed by atoms with van der Waals surface area (Å²) in [6, 6.07) is 22.7.